The average molecular weight is 240 g/mol. The topological polar surface area (TPSA) is 107 Å². The van der Waals surface area contributed by atoms with Gasteiger partial charge in [-0.2, -0.15) is 0 Å². The van der Waals surface area contributed by atoms with Crippen molar-refractivity contribution in [3.63, 3.8) is 0 Å². The molecular weight excluding hydrogens is 224 g/mol. The van der Waals surface area contributed by atoms with Crippen LogP contribution in [0.15, 0.2) is 12.4 Å². The van der Waals surface area contributed by atoms with E-state index in [0.29, 0.717) is 5.95 Å². The number of carboxylic acids is 1. The van der Waals surface area contributed by atoms with Gasteiger partial charge in [0.05, 0.1) is 6.10 Å². The molecule has 4 N–H and O–H groups in total. The molecule has 1 rings (SSSR count). The summed E-state index contributed by atoms with van der Waals surface area (Å²) in [6.45, 7) is 1.71. The fraction of sp³-hybridized carbons (Fsp3) is 0.500. The van der Waals surface area contributed by atoms with E-state index in [9.17, 15) is 9.90 Å². The zero-order chi connectivity index (χ0) is 12.8. The SMILES string of the molecule is CNc1ncc(CNC(C(=O)O)C(C)O)cn1. The highest BCUT2D eigenvalue weighted by Crippen LogP contribution is 2.01. The Kier molecular flexibility index (Phi) is 4.80. The van der Waals surface area contributed by atoms with Crippen LogP contribution in [-0.2, 0) is 11.3 Å². The molecule has 0 aliphatic carbocycles. The van der Waals surface area contributed by atoms with Crippen molar-refractivity contribution < 1.29 is 15.0 Å². The van der Waals surface area contributed by atoms with Gasteiger partial charge in [0.1, 0.15) is 6.04 Å². The Labute approximate surface area is 98.9 Å². The van der Waals surface area contributed by atoms with Crippen molar-refractivity contribution in [1.82, 2.24) is 15.3 Å². The Balaban J connectivity index is 2.56. The van der Waals surface area contributed by atoms with E-state index in [1.807, 2.05) is 0 Å². The number of aromatic nitrogens is 2. The second-order valence-corrected chi connectivity index (χ2v) is 3.60. The molecule has 0 aromatic carbocycles. The number of rotatable bonds is 6. The first-order chi connectivity index (χ1) is 8.04. The number of hydrogen-bond donors (Lipinski definition) is 4. The van der Waals surface area contributed by atoms with E-state index in [2.05, 4.69) is 20.6 Å². The van der Waals surface area contributed by atoms with Gasteiger partial charge in [-0.25, -0.2) is 9.97 Å². The Bertz CT molecular complexity index is 366. The van der Waals surface area contributed by atoms with Crippen molar-refractivity contribution in [2.45, 2.75) is 25.6 Å². The highest BCUT2D eigenvalue weighted by Gasteiger charge is 2.21. The van der Waals surface area contributed by atoms with Crippen molar-refractivity contribution in [1.29, 1.82) is 0 Å². The summed E-state index contributed by atoms with van der Waals surface area (Å²) in [5, 5.41) is 23.6. The molecule has 0 aliphatic rings. The molecule has 2 atom stereocenters. The molecule has 0 saturated carbocycles. The number of aliphatic hydroxyl groups excluding tert-OH is 1. The zero-order valence-corrected chi connectivity index (χ0v) is 9.71. The van der Waals surface area contributed by atoms with Crippen LogP contribution in [0.25, 0.3) is 0 Å². The van der Waals surface area contributed by atoms with Gasteiger partial charge in [-0.1, -0.05) is 0 Å². The van der Waals surface area contributed by atoms with E-state index in [1.165, 1.54) is 6.92 Å². The van der Waals surface area contributed by atoms with Gasteiger partial charge in [-0.15, -0.1) is 0 Å². The molecule has 0 radical (unpaired) electrons. The van der Waals surface area contributed by atoms with E-state index < -0.39 is 18.1 Å². The number of aliphatic hydroxyl groups is 1. The van der Waals surface area contributed by atoms with Crippen LogP contribution in [-0.4, -0.2) is 45.3 Å². The molecule has 7 nitrogen and oxygen atoms in total. The fourth-order valence-corrected chi connectivity index (χ4v) is 1.27. The average Bonchev–Trinajstić information content (AvgIpc) is 2.29. The van der Waals surface area contributed by atoms with Gasteiger partial charge < -0.3 is 15.5 Å². The number of carbonyl (C=O) groups is 1. The maximum atomic E-state index is 10.8. The highest BCUT2D eigenvalue weighted by atomic mass is 16.4. The minimum atomic E-state index is -1.09. The minimum absolute atomic E-state index is 0.284. The third-order valence-corrected chi connectivity index (χ3v) is 2.20. The van der Waals surface area contributed by atoms with Crippen molar-refractivity contribution in [2.24, 2.45) is 0 Å². The molecule has 1 aromatic rings. The van der Waals surface area contributed by atoms with E-state index in [0.717, 1.165) is 5.56 Å². The molecule has 2 unspecified atom stereocenters. The Hall–Kier alpha value is -1.73. The van der Waals surface area contributed by atoms with Gasteiger partial charge in [0.25, 0.3) is 0 Å². The molecule has 7 heteroatoms. The number of nitrogens with one attached hydrogen (secondary N) is 2. The molecule has 0 spiro atoms. The summed E-state index contributed by atoms with van der Waals surface area (Å²) in [5.41, 5.74) is 0.746. The van der Waals surface area contributed by atoms with Crippen molar-refractivity contribution >= 4 is 11.9 Å². The number of carboxylic acid groups (broad SMARTS) is 1. The van der Waals surface area contributed by atoms with Gasteiger partial charge in [0.15, 0.2) is 0 Å². The van der Waals surface area contributed by atoms with Gasteiger partial charge in [0, 0.05) is 31.5 Å². The number of nitrogens with zero attached hydrogens (tertiary/aromatic N) is 2. The lowest BCUT2D eigenvalue weighted by molar-refractivity contribution is -0.142. The lowest BCUT2D eigenvalue weighted by Crippen LogP contribution is -2.44. The maximum absolute atomic E-state index is 10.8. The van der Waals surface area contributed by atoms with Crippen LogP contribution in [0, 0.1) is 0 Å². The van der Waals surface area contributed by atoms with Crippen LogP contribution >= 0.6 is 0 Å². The first-order valence-corrected chi connectivity index (χ1v) is 5.17. The summed E-state index contributed by atoms with van der Waals surface area (Å²) in [7, 11) is 1.71. The van der Waals surface area contributed by atoms with Crippen LogP contribution in [0.3, 0.4) is 0 Å². The molecular formula is C10H16N4O3. The van der Waals surface area contributed by atoms with Crippen LogP contribution in [0.5, 0.6) is 0 Å². The number of aliphatic carboxylic acids is 1. The van der Waals surface area contributed by atoms with Crippen molar-refractivity contribution in [2.75, 3.05) is 12.4 Å². The number of hydrogen-bond acceptors (Lipinski definition) is 6. The second-order valence-electron chi connectivity index (χ2n) is 3.60. The van der Waals surface area contributed by atoms with Gasteiger partial charge in [-0.05, 0) is 6.92 Å². The Morgan fingerprint density at radius 3 is 2.47 bits per heavy atom. The quantitative estimate of drug-likeness (QED) is 0.528. The fourth-order valence-electron chi connectivity index (χ4n) is 1.27. The third-order valence-electron chi connectivity index (χ3n) is 2.20. The molecule has 0 bridgehead atoms. The zero-order valence-electron chi connectivity index (χ0n) is 9.71. The molecule has 0 saturated heterocycles. The van der Waals surface area contributed by atoms with Gasteiger partial charge >= 0.3 is 5.97 Å². The standard InChI is InChI=1S/C10H16N4O3/c1-6(15)8(9(16)17)12-3-7-4-13-10(11-2)14-5-7/h4-6,8,12,15H,3H2,1-2H3,(H,16,17)(H,11,13,14). The van der Waals surface area contributed by atoms with Crippen LogP contribution < -0.4 is 10.6 Å². The van der Waals surface area contributed by atoms with Crippen LogP contribution in [0.1, 0.15) is 12.5 Å². The molecule has 0 fully saturated rings. The van der Waals surface area contributed by atoms with Crippen molar-refractivity contribution in [3.8, 4) is 0 Å². The second kappa shape index (κ2) is 6.12. The van der Waals surface area contributed by atoms with Crippen molar-refractivity contribution in [3.05, 3.63) is 18.0 Å². The Morgan fingerprint density at radius 1 is 1.47 bits per heavy atom. The van der Waals surface area contributed by atoms with Gasteiger partial charge in [0.2, 0.25) is 5.95 Å². The van der Waals surface area contributed by atoms with E-state index in [-0.39, 0.29) is 6.54 Å². The number of anilines is 1. The summed E-state index contributed by atoms with van der Waals surface area (Å²) < 4.78 is 0. The van der Waals surface area contributed by atoms with Gasteiger partial charge in [-0.3, -0.25) is 10.1 Å². The van der Waals surface area contributed by atoms with E-state index in [4.69, 9.17) is 5.11 Å². The first-order valence-electron chi connectivity index (χ1n) is 5.17. The third kappa shape index (κ3) is 3.97. The summed E-state index contributed by atoms with van der Waals surface area (Å²) >= 11 is 0. The predicted molar refractivity (Wildman–Crippen MR) is 61.5 cm³/mol. The monoisotopic (exact) mass is 240 g/mol. The molecule has 0 aliphatic heterocycles. The summed E-state index contributed by atoms with van der Waals surface area (Å²) in [4.78, 5) is 18.8. The van der Waals surface area contributed by atoms with Crippen LogP contribution in [0.2, 0.25) is 0 Å². The smallest absolute Gasteiger partial charge is 0.323 e. The predicted octanol–water partition coefficient (Wildman–Crippen LogP) is -0.558. The molecule has 1 heterocycles. The lowest BCUT2D eigenvalue weighted by Gasteiger charge is -2.16. The molecule has 94 valence electrons. The first kappa shape index (κ1) is 13.3. The summed E-state index contributed by atoms with van der Waals surface area (Å²) in [6, 6.07) is -1.00. The lowest BCUT2D eigenvalue weighted by atomic mass is 10.2. The summed E-state index contributed by atoms with van der Waals surface area (Å²) in [5.74, 6) is -0.591. The Morgan fingerprint density at radius 2 is 2.06 bits per heavy atom. The molecule has 1 aromatic heterocycles. The minimum Gasteiger partial charge on any atom is -0.480 e. The van der Waals surface area contributed by atoms with E-state index >= 15 is 0 Å². The summed E-state index contributed by atoms with van der Waals surface area (Å²) in [6.07, 6.45) is 2.21. The molecule has 0 amide bonds. The van der Waals surface area contributed by atoms with E-state index in [1.54, 1.807) is 19.4 Å². The normalized spacial score (nSPS) is 14.1. The largest absolute Gasteiger partial charge is 0.480 e. The molecule has 17 heavy (non-hydrogen) atoms. The van der Waals surface area contributed by atoms with Crippen LogP contribution in [0.4, 0.5) is 5.95 Å². The maximum Gasteiger partial charge on any atom is 0.323 e. The highest BCUT2D eigenvalue weighted by molar-refractivity contribution is 5.74.